The number of carboxylic acids is 1. The van der Waals surface area contributed by atoms with E-state index in [2.05, 4.69) is 6.92 Å². The van der Waals surface area contributed by atoms with Gasteiger partial charge in [-0.05, 0) is 30.5 Å². The summed E-state index contributed by atoms with van der Waals surface area (Å²) in [6, 6.07) is 5.52. The lowest BCUT2D eigenvalue weighted by molar-refractivity contribution is 0.00253. The van der Waals surface area contributed by atoms with Crippen LogP contribution in [0.1, 0.15) is 74.2 Å². The molecule has 194 valence electrons. The first-order chi connectivity index (χ1) is 16.7. The van der Waals surface area contributed by atoms with Crippen LogP contribution in [0.2, 0.25) is 0 Å². The van der Waals surface area contributed by atoms with Crippen LogP contribution in [0, 0.1) is 5.92 Å². The van der Waals surface area contributed by atoms with E-state index in [4.69, 9.17) is 23.7 Å². The van der Waals surface area contributed by atoms with Crippen molar-refractivity contribution in [1.82, 2.24) is 0 Å². The zero-order chi connectivity index (χ0) is 24.3. The Hall–Kier alpha value is -1.67. The van der Waals surface area contributed by atoms with Gasteiger partial charge < -0.3 is 28.8 Å². The van der Waals surface area contributed by atoms with E-state index >= 15 is 0 Å². The monoisotopic (exact) mass is 480 g/mol. The topological polar surface area (TPSA) is 83.5 Å². The molecule has 7 nitrogen and oxygen atoms in total. The molecule has 0 unspecified atom stereocenters. The Balaban J connectivity index is 1.80. The zero-order valence-electron chi connectivity index (χ0n) is 20.9. The first-order valence-corrected chi connectivity index (χ1v) is 13.0. The summed E-state index contributed by atoms with van der Waals surface area (Å²) < 4.78 is 28.2. The average Bonchev–Trinajstić information content (AvgIpc) is 2.86. The minimum atomic E-state index is -0.968. The third kappa shape index (κ3) is 12.7. The molecule has 34 heavy (non-hydrogen) atoms. The number of rotatable bonds is 13. The molecule has 0 radical (unpaired) electrons. The predicted octanol–water partition coefficient (Wildman–Crippen LogP) is 5.14. The van der Waals surface area contributed by atoms with Crippen LogP contribution in [0.25, 0.3) is 0 Å². The Morgan fingerprint density at radius 3 is 2.00 bits per heavy atom. The maximum Gasteiger partial charge on any atom is 0.339 e. The molecule has 0 spiro atoms. The third-order valence-electron chi connectivity index (χ3n) is 5.89. The molecule has 0 aliphatic carbocycles. The number of aromatic carboxylic acids is 1. The van der Waals surface area contributed by atoms with Gasteiger partial charge in [-0.3, -0.25) is 0 Å². The fourth-order valence-electron chi connectivity index (χ4n) is 3.90. The van der Waals surface area contributed by atoms with Crippen molar-refractivity contribution in [2.75, 3.05) is 59.5 Å². The van der Waals surface area contributed by atoms with E-state index in [1.54, 1.807) is 12.1 Å². The van der Waals surface area contributed by atoms with Gasteiger partial charge in [-0.1, -0.05) is 57.9 Å². The van der Waals surface area contributed by atoms with Crippen LogP contribution in [-0.2, 0) is 25.4 Å². The molecule has 0 atom stereocenters. The van der Waals surface area contributed by atoms with Gasteiger partial charge in [-0.15, -0.1) is 0 Å². The van der Waals surface area contributed by atoms with Crippen LogP contribution in [0.15, 0.2) is 18.2 Å². The highest BCUT2D eigenvalue weighted by Gasteiger charge is 2.16. The van der Waals surface area contributed by atoms with E-state index in [9.17, 15) is 9.90 Å². The number of aryl methyl sites for hydroxylation is 1. The summed E-state index contributed by atoms with van der Waals surface area (Å²) in [7, 11) is 0. The molecule has 1 fully saturated rings. The Labute approximate surface area is 205 Å². The molecule has 1 aromatic rings. The Morgan fingerprint density at radius 2 is 1.41 bits per heavy atom. The smallest absolute Gasteiger partial charge is 0.339 e. The first kappa shape index (κ1) is 28.6. The molecular weight excluding hydrogens is 436 g/mol. The molecular formula is C27H44O7. The van der Waals surface area contributed by atoms with Crippen molar-refractivity contribution in [3.8, 4) is 5.75 Å². The molecule has 1 aliphatic heterocycles. The maximum absolute atomic E-state index is 11.9. The van der Waals surface area contributed by atoms with Crippen molar-refractivity contribution >= 4 is 5.97 Å². The van der Waals surface area contributed by atoms with Gasteiger partial charge in [0.15, 0.2) is 0 Å². The summed E-state index contributed by atoms with van der Waals surface area (Å²) in [6.45, 7) is 6.58. The van der Waals surface area contributed by atoms with E-state index in [1.165, 1.54) is 44.9 Å². The van der Waals surface area contributed by atoms with Crippen LogP contribution >= 0.6 is 0 Å². The van der Waals surface area contributed by atoms with Gasteiger partial charge in [0, 0.05) is 5.92 Å². The van der Waals surface area contributed by atoms with Gasteiger partial charge in [-0.25, -0.2) is 4.79 Å². The predicted molar refractivity (Wildman–Crippen MR) is 132 cm³/mol. The zero-order valence-corrected chi connectivity index (χ0v) is 20.9. The lowest BCUT2D eigenvalue weighted by Crippen LogP contribution is -2.25. The highest BCUT2D eigenvalue weighted by molar-refractivity contribution is 5.91. The fraction of sp³-hybridized carbons (Fsp3) is 0.741. The number of carboxylic acid groups (broad SMARTS) is 1. The second-order valence-corrected chi connectivity index (χ2v) is 8.91. The van der Waals surface area contributed by atoms with Crippen LogP contribution < -0.4 is 4.74 Å². The van der Waals surface area contributed by atoms with Gasteiger partial charge in [0.2, 0.25) is 0 Å². The Kier molecular flexibility index (Phi) is 15.7. The Bertz CT molecular complexity index is 650. The number of unbranched alkanes of at least 4 members (excludes halogenated alkanes) is 7. The molecule has 7 heteroatoms. The number of ether oxygens (including phenoxy) is 5. The summed E-state index contributed by atoms with van der Waals surface area (Å²) in [5.41, 5.74) is 1.26. The summed E-state index contributed by atoms with van der Waals surface area (Å²) >= 11 is 0. The van der Waals surface area contributed by atoms with Gasteiger partial charge >= 0.3 is 5.97 Å². The van der Waals surface area contributed by atoms with E-state index in [1.807, 2.05) is 6.07 Å². The fourth-order valence-corrected chi connectivity index (χ4v) is 3.90. The van der Waals surface area contributed by atoms with Crippen LogP contribution in [0.3, 0.4) is 0 Å². The van der Waals surface area contributed by atoms with Crippen molar-refractivity contribution in [3.05, 3.63) is 29.3 Å². The molecule has 1 aromatic carbocycles. The molecule has 0 amide bonds. The van der Waals surface area contributed by atoms with E-state index in [0.717, 1.165) is 18.4 Å². The maximum atomic E-state index is 11.9. The summed E-state index contributed by atoms with van der Waals surface area (Å²) in [5, 5.41) is 9.72. The van der Waals surface area contributed by atoms with E-state index in [0.29, 0.717) is 65.2 Å². The number of carbonyl (C=O) groups is 1. The standard InChI is InChI=1S/C27H44O7/c1-2-3-4-5-6-7-8-9-10-23-11-12-26(25(19-23)27(28)29)34-22-24-20-32-17-15-30-13-14-31-16-18-33-21-24/h11-12,19,24H,2-10,13-18,20-22H2,1H3,(H,28,29). The third-order valence-corrected chi connectivity index (χ3v) is 5.89. The van der Waals surface area contributed by atoms with Crippen LogP contribution in [-0.4, -0.2) is 70.5 Å². The van der Waals surface area contributed by atoms with Gasteiger partial charge in [0.25, 0.3) is 0 Å². The molecule has 1 heterocycles. The first-order valence-electron chi connectivity index (χ1n) is 13.0. The van der Waals surface area contributed by atoms with Gasteiger partial charge in [-0.2, -0.15) is 0 Å². The van der Waals surface area contributed by atoms with Crippen molar-refractivity contribution < 1.29 is 33.6 Å². The van der Waals surface area contributed by atoms with E-state index in [-0.39, 0.29) is 11.5 Å². The van der Waals surface area contributed by atoms with Gasteiger partial charge in [0.05, 0.1) is 59.5 Å². The van der Waals surface area contributed by atoms with Crippen molar-refractivity contribution in [2.24, 2.45) is 5.92 Å². The van der Waals surface area contributed by atoms with Crippen molar-refractivity contribution in [2.45, 2.75) is 64.7 Å². The average molecular weight is 481 g/mol. The normalized spacial score (nSPS) is 16.9. The number of benzene rings is 1. The highest BCUT2D eigenvalue weighted by atomic mass is 16.6. The van der Waals surface area contributed by atoms with Gasteiger partial charge in [0.1, 0.15) is 11.3 Å². The lowest BCUT2D eigenvalue weighted by atomic mass is 10.0. The summed E-state index contributed by atoms with van der Waals surface area (Å²) in [5.74, 6) is -0.592. The molecule has 1 N–H and O–H groups in total. The van der Waals surface area contributed by atoms with Crippen LogP contribution in [0.5, 0.6) is 5.75 Å². The second-order valence-electron chi connectivity index (χ2n) is 8.91. The molecule has 0 aromatic heterocycles. The molecule has 0 saturated carbocycles. The molecule has 0 bridgehead atoms. The lowest BCUT2D eigenvalue weighted by Gasteiger charge is -2.19. The van der Waals surface area contributed by atoms with Crippen molar-refractivity contribution in [3.63, 3.8) is 0 Å². The number of hydrogen-bond acceptors (Lipinski definition) is 6. The molecule has 1 aliphatic rings. The molecule has 1 saturated heterocycles. The minimum Gasteiger partial charge on any atom is -0.492 e. The van der Waals surface area contributed by atoms with Crippen LogP contribution in [0.4, 0.5) is 0 Å². The van der Waals surface area contributed by atoms with E-state index < -0.39 is 5.97 Å². The summed E-state index contributed by atoms with van der Waals surface area (Å²) in [6.07, 6.45) is 11.0. The quantitative estimate of drug-likeness (QED) is 0.391. The minimum absolute atomic E-state index is 0.0144. The molecule has 2 rings (SSSR count). The van der Waals surface area contributed by atoms with Crippen molar-refractivity contribution in [1.29, 1.82) is 0 Å². The SMILES string of the molecule is CCCCCCCCCCc1ccc(OCC2COCCOCCOCCOC2)c(C(=O)O)c1. The largest absolute Gasteiger partial charge is 0.492 e. The number of hydrogen-bond donors (Lipinski definition) is 1. The second kappa shape index (κ2) is 18.6. The Morgan fingerprint density at radius 1 is 0.853 bits per heavy atom. The summed E-state index contributed by atoms with van der Waals surface area (Å²) in [4.78, 5) is 11.9. The highest BCUT2D eigenvalue weighted by Crippen LogP contribution is 2.23.